The predicted octanol–water partition coefficient (Wildman–Crippen LogP) is 2.04. The summed E-state index contributed by atoms with van der Waals surface area (Å²) in [6, 6.07) is 3.88. The summed E-state index contributed by atoms with van der Waals surface area (Å²) >= 11 is 1.64. The third-order valence-electron chi connectivity index (χ3n) is 3.40. The van der Waals surface area contributed by atoms with Gasteiger partial charge < -0.3 is 5.32 Å². The molecule has 0 bridgehead atoms. The number of nitrogens with one attached hydrogen (secondary N) is 2. The molecule has 1 aliphatic heterocycles. The average molecular weight is 302 g/mol. The van der Waals surface area contributed by atoms with E-state index in [4.69, 9.17) is 0 Å². The van der Waals surface area contributed by atoms with Crippen molar-refractivity contribution in [1.29, 1.82) is 0 Å². The lowest BCUT2D eigenvalue weighted by molar-refractivity contribution is 0.402. The van der Waals surface area contributed by atoms with Gasteiger partial charge in [-0.1, -0.05) is 0 Å². The van der Waals surface area contributed by atoms with Crippen LogP contribution in [-0.2, 0) is 10.0 Å². The molecule has 0 amide bonds. The molecule has 0 aromatic carbocycles. The van der Waals surface area contributed by atoms with Crippen LogP contribution in [0.2, 0.25) is 0 Å². The Balaban J connectivity index is 1.92. The molecule has 19 heavy (non-hydrogen) atoms. The highest BCUT2D eigenvalue weighted by Gasteiger charge is 2.23. The molecule has 1 aromatic heterocycles. The maximum absolute atomic E-state index is 12.2. The van der Waals surface area contributed by atoms with Gasteiger partial charge in [-0.05, 0) is 57.8 Å². The van der Waals surface area contributed by atoms with Crippen LogP contribution in [0.3, 0.4) is 0 Å². The first-order chi connectivity index (χ1) is 8.96. The Labute approximate surface area is 119 Å². The molecular formula is C13H22N2O2S2. The minimum Gasteiger partial charge on any atom is -0.316 e. The highest BCUT2D eigenvalue weighted by atomic mass is 32.2. The molecule has 0 spiro atoms. The summed E-state index contributed by atoms with van der Waals surface area (Å²) in [4.78, 5) is 2.28. The zero-order chi connectivity index (χ0) is 13.9. The molecule has 4 nitrogen and oxygen atoms in total. The lowest BCUT2D eigenvalue weighted by Crippen LogP contribution is -2.38. The zero-order valence-electron chi connectivity index (χ0n) is 11.5. The van der Waals surface area contributed by atoms with Crippen molar-refractivity contribution in [3.8, 4) is 0 Å². The van der Waals surface area contributed by atoms with E-state index in [2.05, 4.69) is 10.0 Å². The van der Waals surface area contributed by atoms with E-state index >= 15 is 0 Å². The molecule has 1 aliphatic rings. The molecule has 0 saturated carbocycles. The predicted molar refractivity (Wildman–Crippen MR) is 80.0 cm³/mol. The monoisotopic (exact) mass is 302 g/mol. The quantitative estimate of drug-likeness (QED) is 0.875. The van der Waals surface area contributed by atoms with Gasteiger partial charge in [-0.3, -0.25) is 0 Å². The Morgan fingerprint density at radius 1 is 1.53 bits per heavy atom. The summed E-state index contributed by atoms with van der Waals surface area (Å²) in [5, 5.41) is 3.26. The molecule has 2 heterocycles. The van der Waals surface area contributed by atoms with Crippen LogP contribution in [0.4, 0.5) is 0 Å². The third kappa shape index (κ3) is 4.56. The minimum atomic E-state index is -3.20. The van der Waals surface area contributed by atoms with Crippen LogP contribution < -0.4 is 10.0 Å². The lowest BCUT2D eigenvalue weighted by atomic mass is 10.0. The lowest BCUT2D eigenvalue weighted by Gasteiger charge is -2.23. The van der Waals surface area contributed by atoms with E-state index in [0.717, 1.165) is 30.8 Å². The molecule has 2 atom stereocenters. The van der Waals surface area contributed by atoms with E-state index in [9.17, 15) is 8.42 Å². The number of sulfonamides is 1. The fourth-order valence-electron chi connectivity index (χ4n) is 2.44. The van der Waals surface area contributed by atoms with Gasteiger partial charge in [-0.2, -0.15) is 0 Å². The zero-order valence-corrected chi connectivity index (χ0v) is 13.1. The summed E-state index contributed by atoms with van der Waals surface area (Å²) in [6.45, 7) is 5.76. The largest absolute Gasteiger partial charge is 0.316 e. The van der Waals surface area contributed by atoms with Gasteiger partial charge in [-0.15, -0.1) is 11.3 Å². The van der Waals surface area contributed by atoms with Gasteiger partial charge in [0, 0.05) is 9.75 Å². The fourth-order valence-corrected chi connectivity index (χ4v) is 5.06. The average Bonchev–Trinajstić information content (AvgIpc) is 2.76. The second-order valence-electron chi connectivity index (χ2n) is 5.28. The molecule has 1 fully saturated rings. The summed E-state index contributed by atoms with van der Waals surface area (Å²) < 4.78 is 27.1. The van der Waals surface area contributed by atoms with Gasteiger partial charge in [0.25, 0.3) is 0 Å². The first-order valence-electron chi connectivity index (χ1n) is 6.73. The van der Waals surface area contributed by atoms with Crippen LogP contribution in [0.25, 0.3) is 0 Å². The van der Waals surface area contributed by atoms with E-state index < -0.39 is 10.0 Å². The molecule has 2 N–H and O–H groups in total. The van der Waals surface area contributed by atoms with Gasteiger partial charge in [0.1, 0.15) is 0 Å². The summed E-state index contributed by atoms with van der Waals surface area (Å²) in [6.07, 6.45) is 2.07. The molecule has 1 aromatic rings. The Hall–Kier alpha value is -0.430. The van der Waals surface area contributed by atoms with Crippen molar-refractivity contribution in [3.63, 3.8) is 0 Å². The third-order valence-corrected chi connectivity index (χ3v) is 6.20. The van der Waals surface area contributed by atoms with Crippen molar-refractivity contribution < 1.29 is 8.42 Å². The van der Waals surface area contributed by atoms with Crippen LogP contribution in [0.1, 0.15) is 35.6 Å². The topological polar surface area (TPSA) is 58.2 Å². The van der Waals surface area contributed by atoms with E-state index in [1.807, 2.05) is 26.0 Å². The number of hydrogen-bond donors (Lipinski definition) is 2. The van der Waals surface area contributed by atoms with Crippen LogP contribution in [0, 0.1) is 12.8 Å². The Bertz CT molecular complexity index is 504. The van der Waals surface area contributed by atoms with Gasteiger partial charge in [0.05, 0.1) is 11.8 Å². The van der Waals surface area contributed by atoms with Crippen LogP contribution in [0.15, 0.2) is 12.1 Å². The summed E-state index contributed by atoms with van der Waals surface area (Å²) in [7, 11) is -3.20. The standard InChI is InChI=1S/C13H22N2O2S2/c1-10-5-6-13(18-10)11(2)15-19(16,17)9-12-4-3-7-14-8-12/h5-6,11-12,14-15H,3-4,7-9H2,1-2H3. The van der Waals surface area contributed by atoms with E-state index in [1.54, 1.807) is 11.3 Å². The highest BCUT2D eigenvalue weighted by Crippen LogP contribution is 2.23. The minimum absolute atomic E-state index is 0.139. The Morgan fingerprint density at radius 3 is 2.89 bits per heavy atom. The van der Waals surface area contributed by atoms with Gasteiger partial charge in [-0.25, -0.2) is 13.1 Å². The summed E-state index contributed by atoms with van der Waals surface area (Å²) in [5.74, 6) is 0.470. The number of piperidine rings is 1. The number of thiophene rings is 1. The molecule has 2 unspecified atom stereocenters. The molecule has 2 rings (SSSR count). The van der Waals surface area contributed by atoms with Crippen molar-refractivity contribution >= 4 is 21.4 Å². The Kier molecular flexibility index (Phi) is 5.00. The van der Waals surface area contributed by atoms with E-state index in [0.29, 0.717) is 0 Å². The van der Waals surface area contributed by atoms with Crippen LogP contribution in [0.5, 0.6) is 0 Å². The molecule has 0 radical (unpaired) electrons. The van der Waals surface area contributed by atoms with Crippen molar-refractivity contribution in [1.82, 2.24) is 10.0 Å². The molecule has 6 heteroatoms. The first-order valence-corrected chi connectivity index (χ1v) is 9.20. The van der Waals surface area contributed by atoms with Crippen LogP contribution >= 0.6 is 11.3 Å². The van der Waals surface area contributed by atoms with Gasteiger partial charge >= 0.3 is 0 Å². The highest BCUT2D eigenvalue weighted by molar-refractivity contribution is 7.89. The number of hydrogen-bond acceptors (Lipinski definition) is 4. The van der Waals surface area contributed by atoms with E-state index in [1.165, 1.54) is 4.88 Å². The van der Waals surface area contributed by atoms with Gasteiger partial charge in [0.15, 0.2) is 0 Å². The van der Waals surface area contributed by atoms with Crippen molar-refractivity contribution in [2.75, 3.05) is 18.8 Å². The van der Waals surface area contributed by atoms with Gasteiger partial charge in [0.2, 0.25) is 10.0 Å². The van der Waals surface area contributed by atoms with Crippen molar-refractivity contribution in [2.45, 2.75) is 32.7 Å². The smallest absolute Gasteiger partial charge is 0.212 e. The van der Waals surface area contributed by atoms with Crippen LogP contribution in [-0.4, -0.2) is 27.3 Å². The van der Waals surface area contributed by atoms with E-state index in [-0.39, 0.29) is 17.7 Å². The number of rotatable bonds is 5. The summed E-state index contributed by atoms with van der Waals surface area (Å²) in [5.41, 5.74) is 0. The molecule has 108 valence electrons. The molecular weight excluding hydrogens is 280 g/mol. The fraction of sp³-hybridized carbons (Fsp3) is 0.692. The number of aryl methyl sites for hydroxylation is 1. The maximum atomic E-state index is 12.2. The SMILES string of the molecule is Cc1ccc(C(C)NS(=O)(=O)CC2CCCNC2)s1. The molecule has 0 aliphatic carbocycles. The second-order valence-corrected chi connectivity index (χ2v) is 8.40. The van der Waals surface area contributed by atoms with Crippen molar-refractivity contribution in [2.24, 2.45) is 5.92 Å². The van der Waals surface area contributed by atoms with Crippen molar-refractivity contribution in [3.05, 3.63) is 21.9 Å². The molecule has 1 saturated heterocycles. The second kappa shape index (κ2) is 6.35. The first kappa shape index (κ1) is 15.0. The maximum Gasteiger partial charge on any atom is 0.212 e. The normalized spacial score (nSPS) is 22.3. The Morgan fingerprint density at radius 2 is 2.32 bits per heavy atom.